The topological polar surface area (TPSA) is 36.9 Å². The molecule has 5 unspecified atom stereocenters. The first-order valence-electron chi connectivity index (χ1n) is 15.8. The summed E-state index contributed by atoms with van der Waals surface area (Å²) >= 11 is 0. The van der Waals surface area contributed by atoms with Crippen LogP contribution in [0.1, 0.15) is 117 Å². The fourth-order valence-electron chi connectivity index (χ4n) is 8.81. The summed E-state index contributed by atoms with van der Waals surface area (Å²) in [6.45, 7) is 8.26. The van der Waals surface area contributed by atoms with Gasteiger partial charge < -0.3 is 18.9 Å². The first-order valence-corrected chi connectivity index (χ1v) is 15.8. The molecule has 210 valence electrons. The van der Waals surface area contributed by atoms with Crippen molar-refractivity contribution < 1.29 is 18.9 Å². The first-order chi connectivity index (χ1) is 17.6. The molecule has 0 bridgehead atoms. The second kappa shape index (κ2) is 13.8. The average Bonchev–Trinajstić information content (AvgIpc) is 3.04. The zero-order valence-electron chi connectivity index (χ0n) is 24.2. The minimum atomic E-state index is 0.230. The van der Waals surface area contributed by atoms with E-state index >= 15 is 0 Å². The molecule has 2 saturated heterocycles. The van der Waals surface area contributed by atoms with E-state index in [4.69, 9.17) is 18.9 Å². The Labute approximate surface area is 222 Å². The van der Waals surface area contributed by atoms with Gasteiger partial charge in [0.1, 0.15) is 0 Å². The molecule has 4 rings (SSSR count). The Morgan fingerprint density at radius 1 is 0.611 bits per heavy atom. The van der Waals surface area contributed by atoms with Crippen molar-refractivity contribution in [2.24, 2.45) is 34.5 Å². The normalized spacial score (nSPS) is 33.8. The minimum absolute atomic E-state index is 0.230. The maximum atomic E-state index is 6.50. The summed E-state index contributed by atoms with van der Waals surface area (Å²) in [5.41, 5.74) is 0.472. The van der Waals surface area contributed by atoms with E-state index in [0.717, 1.165) is 38.3 Å². The van der Waals surface area contributed by atoms with E-state index in [-0.39, 0.29) is 10.8 Å². The molecule has 2 saturated carbocycles. The van der Waals surface area contributed by atoms with Gasteiger partial charge in [-0.3, -0.25) is 0 Å². The number of hydrogen-bond acceptors (Lipinski definition) is 4. The van der Waals surface area contributed by atoms with E-state index in [1.165, 1.54) is 103 Å². The van der Waals surface area contributed by atoms with Gasteiger partial charge in [0.2, 0.25) is 0 Å². The van der Waals surface area contributed by atoms with Gasteiger partial charge in [0, 0.05) is 25.0 Å². The molecule has 0 spiro atoms. The summed E-state index contributed by atoms with van der Waals surface area (Å²) in [6.07, 6.45) is 22.4. The van der Waals surface area contributed by atoms with Crippen LogP contribution in [0.3, 0.4) is 0 Å². The molecular weight excluding hydrogens is 448 g/mol. The maximum Gasteiger partial charge on any atom is 0.0702 e. The van der Waals surface area contributed by atoms with Crippen molar-refractivity contribution in [3.63, 3.8) is 0 Å². The third-order valence-corrected chi connectivity index (χ3v) is 11.3. The average molecular weight is 507 g/mol. The van der Waals surface area contributed by atoms with Gasteiger partial charge in [-0.1, -0.05) is 78.1 Å². The highest BCUT2D eigenvalue weighted by Gasteiger charge is 2.51. The highest BCUT2D eigenvalue weighted by molar-refractivity contribution is 5.00. The maximum absolute atomic E-state index is 6.50. The molecule has 2 aliphatic heterocycles. The van der Waals surface area contributed by atoms with Crippen LogP contribution in [0.5, 0.6) is 0 Å². The van der Waals surface area contributed by atoms with Crippen LogP contribution in [0, 0.1) is 34.5 Å². The molecular formula is C32H58O4. The molecule has 4 heteroatoms. The van der Waals surface area contributed by atoms with E-state index in [0.29, 0.717) is 24.0 Å². The molecule has 36 heavy (non-hydrogen) atoms. The smallest absolute Gasteiger partial charge is 0.0702 e. The Hall–Kier alpha value is -0.160. The SMILES string of the molecule is CCC1(C(OC)C2CCCCC(C(OC)C3(CC)COC3)C(C3CCCCCCCC3)CC2)COC1. The highest BCUT2D eigenvalue weighted by Crippen LogP contribution is 2.50. The van der Waals surface area contributed by atoms with Crippen LogP contribution >= 0.6 is 0 Å². The molecule has 0 aromatic heterocycles. The number of methoxy groups -OCH3 is 2. The molecule has 0 N–H and O–H groups in total. The van der Waals surface area contributed by atoms with Crippen LogP contribution < -0.4 is 0 Å². The van der Waals surface area contributed by atoms with Gasteiger partial charge in [0.05, 0.1) is 38.6 Å². The predicted octanol–water partition coefficient (Wildman–Crippen LogP) is 7.82. The van der Waals surface area contributed by atoms with Gasteiger partial charge in [-0.05, 0) is 62.2 Å². The second-order valence-electron chi connectivity index (χ2n) is 13.1. The standard InChI is InChI=1S/C32H58O4/c1-5-31(21-35-22-31)29(33-3)26-17-13-14-18-28(30(34-4)32(6-2)23-36-24-32)27(20-19-26)25-15-11-9-7-8-10-12-16-25/h25-30H,5-24H2,1-4H3. The quantitative estimate of drug-likeness (QED) is 0.319. The second-order valence-corrected chi connectivity index (χ2v) is 13.1. The Balaban J connectivity index is 1.59. The minimum Gasteiger partial charge on any atom is -0.380 e. The molecule has 0 aromatic rings. The van der Waals surface area contributed by atoms with E-state index in [1.54, 1.807) is 0 Å². The van der Waals surface area contributed by atoms with Crippen molar-refractivity contribution in [2.45, 2.75) is 129 Å². The van der Waals surface area contributed by atoms with Crippen molar-refractivity contribution in [1.82, 2.24) is 0 Å². The first kappa shape index (κ1) is 28.8. The van der Waals surface area contributed by atoms with E-state index < -0.39 is 0 Å². The largest absolute Gasteiger partial charge is 0.380 e. The van der Waals surface area contributed by atoms with Gasteiger partial charge in [-0.2, -0.15) is 0 Å². The molecule has 4 fully saturated rings. The van der Waals surface area contributed by atoms with Gasteiger partial charge in [0.15, 0.2) is 0 Å². The lowest BCUT2D eigenvalue weighted by Gasteiger charge is -2.51. The molecule has 4 nitrogen and oxygen atoms in total. The molecule has 0 aromatic carbocycles. The van der Waals surface area contributed by atoms with Crippen LogP contribution in [0.25, 0.3) is 0 Å². The van der Waals surface area contributed by atoms with Gasteiger partial charge in [-0.15, -0.1) is 0 Å². The van der Waals surface area contributed by atoms with Crippen molar-refractivity contribution in [2.75, 3.05) is 40.6 Å². The summed E-state index contributed by atoms with van der Waals surface area (Å²) in [5, 5.41) is 0. The third-order valence-electron chi connectivity index (χ3n) is 11.3. The number of hydrogen-bond donors (Lipinski definition) is 0. The van der Waals surface area contributed by atoms with E-state index in [1.807, 2.05) is 14.2 Å². The molecule has 0 radical (unpaired) electrons. The van der Waals surface area contributed by atoms with Crippen LogP contribution in [-0.4, -0.2) is 52.9 Å². The monoisotopic (exact) mass is 506 g/mol. The lowest BCUT2D eigenvalue weighted by molar-refractivity contribution is -0.206. The summed E-state index contributed by atoms with van der Waals surface area (Å²) < 4.78 is 24.4. The highest BCUT2D eigenvalue weighted by atomic mass is 16.5. The lowest BCUT2D eigenvalue weighted by atomic mass is 9.63. The van der Waals surface area contributed by atoms with Crippen molar-refractivity contribution >= 4 is 0 Å². The fourth-order valence-corrected chi connectivity index (χ4v) is 8.81. The molecule has 4 aliphatic rings. The molecule has 2 aliphatic carbocycles. The Morgan fingerprint density at radius 3 is 1.61 bits per heavy atom. The fraction of sp³-hybridized carbons (Fsp3) is 1.00. The van der Waals surface area contributed by atoms with Crippen LogP contribution in [0.15, 0.2) is 0 Å². The summed E-state index contributed by atoms with van der Waals surface area (Å²) in [6, 6.07) is 0. The van der Waals surface area contributed by atoms with Crippen molar-refractivity contribution in [3.05, 3.63) is 0 Å². The van der Waals surface area contributed by atoms with Crippen LogP contribution in [0.2, 0.25) is 0 Å². The van der Waals surface area contributed by atoms with E-state index in [9.17, 15) is 0 Å². The number of ether oxygens (including phenoxy) is 4. The lowest BCUT2D eigenvalue weighted by Crippen LogP contribution is -2.56. The zero-order chi connectivity index (χ0) is 25.4. The third kappa shape index (κ3) is 6.18. The van der Waals surface area contributed by atoms with Gasteiger partial charge in [-0.25, -0.2) is 0 Å². The summed E-state index contributed by atoms with van der Waals surface area (Å²) in [4.78, 5) is 0. The molecule has 2 heterocycles. The summed E-state index contributed by atoms with van der Waals surface area (Å²) in [7, 11) is 3.97. The Bertz CT molecular complexity index is 607. The zero-order valence-corrected chi connectivity index (χ0v) is 24.2. The van der Waals surface area contributed by atoms with E-state index in [2.05, 4.69) is 13.8 Å². The van der Waals surface area contributed by atoms with Crippen LogP contribution in [-0.2, 0) is 18.9 Å². The van der Waals surface area contributed by atoms with Crippen molar-refractivity contribution in [1.29, 1.82) is 0 Å². The molecule has 5 atom stereocenters. The van der Waals surface area contributed by atoms with Gasteiger partial charge in [0.25, 0.3) is 0 Å². The Kier molecular flexibility index (Phi) is 11.0. The van der Waals surface area contributed by atoms with Gasteiger partial charge >= 0.3 is 0 Å². The number of rotatable bonds is 9. The van der Waals surface area contributed by atoms with Crippen molar-refractivity contribution in [3.8, 4) is 0 Å². The summed E-state index contributed by atoms with van der Waals surface area (Å²) in [5.74, 6) is 2.94. The molecule has 0 amide bonds. The predicted molar refractivity (Wildman–Crippen MR) is 147 cm³/mol. The Morgan fingerprint density at radius 2 is 1.11 bits per heavy atom. The van der Waals surface area contributed by atoms with Crippen LogP contribution in [0.4, 0.5) is 0 Å².